The summed E-state index contributed by atoms with van der Waals surface area (Å²) in [6, 6.07) is 4.15. The van der Waals surface area contributed by atoms with Crippen LogP contribution in [0.3, 0.4) is 0 Å². The molecule has 0 unspecified atom stereocenters. The second-order valence-electron chi connectivity index (χ2n) is 4.87. The number of carbonyl (C=O) groups excluding carboxylic acids is 1. The van der Waals surface area contributed by atoms with E-state index in [4.69, 9.17) is 5.84 Å². The van der Waals surface area contributed by atoms with Crippen LogP contribution in [-0.4, -0.2) is 26.1 Å². The maximum atomic E-state index is 11.4. The van der Waals surface area contributed by atoms with Crippen molar-refractivity contribution in [1.29, 1.82) is 0 Å². The largest absolute Gasteiger partial charge is 0.289 e. The van der Waals surface area contributed by atoms with Crippen molar-refractivity contribution in [2.45, 2.75) is 42.6 Å². The van der Waals surface area contributed by atoms with E-state index in [1.807, 2.05) is 10.7 Å². The second-order valence-corrected chi connectivity index (χ2v) is 6.98. The van der Waals surface area contributed by atoms with Crippen LogP contribution in [0.15, 0.2) is 17.3 Å². The Labute approximate surface area is 130 Å². The number of hydrazine groups is 1. The monoisotopic (exact) mass is 324 g/mol. The number of tetrazole rings is 1. The zero-order chi connectivity index (χ0) is 14.7. The first-order valence-electron chi connectivity index (χ1n) is 6.78. The third-order valence-electron chi connectivity index (χ3n) is 3.49. The van der Waals surface area contributed by atoms with Gasteiger partial charge in [-0.2, -0.15) is 0 Å². The minimum absolute atomic E-state index is 0.257. The number of carbonyl (C=O) groups is 1. The van der Waals surface area contributed by atoms with Gasteiger partial charge in [0.2, 0.25) is 5.16 Å². The van der Waals surface area contributed by atoms with Gasteiger partial charge in [-0.05, 0) is 35.4 Å². The lowest BCUT2D eigenvalue weighted by Gasteiger charge is -2.10. The molecule has 0 atom stereocenters. The van der Waals surface area contributed by atoms with Crippen LogP contribution < -0.4 is 11.3 Å². The quantitative estimate of drug-likeness (QED) is 0.376. The number of nitrogens with one attached hydrogen (secondary N) is 1. The second kappa shape index (κ2) is 6.54. The molecule has 0 spiro atoms. The predicted molar refractivity (Wildman–Crippen MR) is 80.9 cm³/mol. The molecule has 1 aliphatic rings. The number of hydrogen-bond donors (Lipinski definition) is 2. The van der Waals surface area contributed by atoms with Crippen LogP contribution in [0.4, 0.5) is 0 Å². The molecule has 3 N–H and O–H groups in total. The fourth-order valence-corrected chi connectivity index (χ4v) is 4.34. The normalized spacial score (nSPS) is 15.5. The van der Waals surface area contributed by atoms with Crippen LogP contribution in [0.25, 0.3) is 0 Å². The highest BCUT2D eigenvalue weighted by Crippen LogP contribution is 2.32. The first-order chi connectivity index (χ1) is 10.3. The smallest absolute Gasteiger partial charge is 0.275 e. The molecule has 1 fully saturated rings. The Morgan fingerprint density at radius 2 is 2.29 bits per heavy atom. The van der Waals surface area contributed by atoms with E-state index in [9.17, 15) is 4.79 Å². The predicted octanol–water partition coefficient (Wildman–Crippen LogP) is 1.75. The van der Waals surface area contributed by atoms with Gasteiger partial charge in [0.05, 0.1) is 10.9 Å². The number of thiophene rings is 1. The number of nitrogens with zero attached hydrogens (tertiary/aromatic N) is 4. The average molecular weight is 324 g/mol. The van der Waals surface area contributed by atoms with Crippen LogP contribution in [0.1, 0.15) is 46.3 Å². The maximum absolute atomic E-state index is 11.4. The van der Waals surface area contributed by atoms with E-state index in [2.05, 4.69) is 21.0 Å². The molecule has 21 heavy (non-hydrogen) atoms. The highest BCUT2D eigenvalue weighted by atomic mass is 32.2. The number of aromatic nitrogens is 4. The summed E-state index contributed by atoms with van der Waals surface area (Å²) in [6.07, 6.45) is 4.80. The topological polar surface area (TPSA) is 98.7 Å². The molecule has 112 valence electrons. The molecule has 2 aromatic rings. The summed E-state index contributed by atoms with van der Waals surface area (Å²) in [5, 5.41) is 12.9. The molecule has 1 aliphatic carbocycles. The van der Waals surface area contributed by atoms with Crippen LogP contribution >= 0.6 is 23.1 Å². The average Bonchev–Trinajstić information content (AvgIpc) is 3.22. The fraction of sp³-hybridized carbons (Fsp3) is 0.500. The Morgan fingerprint density at radius 3 is 3.05 bits per heavy atom. The van der Waals surface area contributed by atoms with Gasteiger partial charge in [0.1, 0.15) is 0 Å². The summed E-state index contributed by atoms with van der Waals surface area (Å²) < 4.78 is 1.94. The third-order valence-corrected chi connectivity index (χ3v) is 5.74. The van der Waals surface area contributed by atoms with E-state index in [-0.39, 0.29) is 5.91 Å². The van der Waals surface area contributed by atoms with Gasteiger partial charge < -0.3 is 0 Å². The van der Waals surface area contributed by atoms with E-state index in [0.717, 1.165) is 28.6 Å². The lowest BCUT2D eigenvalue weighted by molar-refractivity contribution is 0.0957. The van der Waals surface area contributed by atoms with Crippen LogP contribution in [-0.2, 0) is 5.75 Å². The van der Waals surface area contributed by atoms with E-state index in [0.29, 0.717) is 10.9 Å². The molecular weight excluding hydrogens is 308 g/mol. The Kier molecular flexibility index (Phi) is 4.51. The molecule has 0 radical (unpaired) electrons. The van der Waals surface area contributed by atoms with E-state index in [1.54, 1.807) is 17.8 Å². The molecule has 0 aliphatic heterocycles. The highest BCUT2D eigenvalue weighted by molar-refractivity contribution is 7.98. The zero-order valence-electron chi connectivity index (χ0n) is 11.4. The number of nitrogens with two attached hydrogens (primary N) is 1. The van der Waals surface area contributed by atoms with Crippen molar-refractivity contribution in [2.24, 2.45) is 5.84 Å². The molecule has 1 saturated carbocycles. The Bertz CT molecular complexity index is 619. The summed E-state index contributed by atoms with van der Waals surface area (Å²) in [6.45, 7) is 0. The van der Waals surface area contributed by atoms with Crippen molar-refractivity contribution in [1.82, 2.24) is 25.6 Å². The Hall–Kier alpha value is -1.45. The van der Waals surface area contributed by atoms with Crippen molar-refractivity contribution in [2.75, 3.05) is 0 Å². The van der Waals surface area contributed by atoms with Crippen molar-refractivity contribution >= 4 is 29.0 Å². The minimum atomic E-state index is -0.257. The van der Waals surface area contributed by atoms with Gasteiger partial charge in [-0.25, -0.2) is 10.5 Å². The number of nitrogen functional groups attached to an aromatic ring is 1. The molecule has 1 amide bonds. The molecular formula is C12H16N6OS2. The van der Waals surface area contributed by atoms with Gasteiger partial charge in [0.15, 0.2) is 0 Å². The molecule has 2 heterocycles. The third kappa shape index (κ3) is 3.25. The van der Waals surface area contributed by atoms with Crippen molar-refractivity contribution in [3.8, 4) is 0 Å². The number of rotatable bonds is 5. The molecule has 0 aromatic carbocycles. The number of hydrogen-bond acceptors (Lipinski definition) is 7. The summed E-state index contributed by atoms with van der Waals surface area (Å²) in [5.41, 5.74) is 2.14. The Morgan fingerprint density at radius 1 is 1.48 bits per heavy atom. The first kappa shape index (κ1) is 14.5. The maximum Gasteiger partial charge on any atom is 0.275 e. The highest BCUT2D eigenvalue weighted by Gasteiger charge is 2.21. The van der Waals surface area contributed by atoms with Crippen LogP contribution in [0.5, 0.6) is 0 Å². The van der Waals surface area contributed by atoms with Crippen molar-refractivity contribution < 1.29 is 4.79 Å². The van der Waals surface area contributed by atoms with Gasteiger partial charge in [-0.1, -0.05) is 24.6 Å². The van der Waals surface area contributed by atoms with E-state index < -0.39 is 0 Å². The van der Waals surface area contributed by atoms with Crippen molar-refractivity contribution in [3.05, 3.63) is 21.9 Å². The van der Waals surface area contributed by atoms with E-state index in [1.165, 1.54) is 24.2 Å². The lowest BCUT2D eigenvalue weighted by atomic mass is 10.3. The SMILES string of the molecule is NNC(=O)c1ccc(CSc2nnnn2C2CCCC2)s1. The van der Waals surface area contributed by atoms with Gasteiger partial charge in [-0.3, -0.25) is 10.2 Å². The molecule has 3 rings (SSSR count). The molecule has 0 saturated heterocycles. The van der Waals surface area contributed by atoms with Crippen molar-refractivity contribution in [3.63, 3.8) is 0 Å². The molecule has 7 nitrogen and oxygen atoms in total. The molecule has 2 aromatic heterocycles. The van der Waals surface area contributed by atoms with Gasteiger partial charge in [0, 0.05) is 10.6 Å². The molecule has 9 heteroatoms. The van der Waals surface area contributed by atoms with Crippen LogP contribution in [0, 0.1) is 0 Å². The van der Waals surface area contributed by atoms with Crippen LogP contribution in [0.2, 0.25) is 0 Å². The minimum Gasteiger partial charge on any atom is -0.289 e. The number of amides is 1. The molecule has 0 bridgehead atoms. The number of thioether (sulfide) groups is 1. The summed E-state index contributed by atoms with van der Waals surface area (Å²) in [7, 11) is 0. The summed E-state index contributed by atoms with van der Waals surface area (Å²) in [4.78, 5) is 13.1. The summed E-state index contributed by atoms with van der Waals surface area (Å²) >= 11 is 3.04. The first-order valence-corrected chi connectivity index (χ1v) is 8.58. The van der Waals surface area contributed by atoms with Gasteiger partial charge in [0.25, 0.3) is 5.91 Å². The fourth-order valence-electron chi connectivity index (χ4n) is 2.44. The summed E-state index contributed by atoms with van der Waals surface area (Å²) in [5.74, 6) is 5.61. The van der Waals surface area contributed by atoms with Gasteiger partial charge in [-0.15, -0.1) is 16.4 Å². The lowest BCUT2D eigenvalue weighted by Crippen LogP contribution is -2.29. The van der Waals surface area contributed by atoms with E-state index >= 15 is 0 Å². The zero-order valence-corrected chi connectivity index (χ0v) is 13.0. The Balaban J connectivity index is 1.64. The standard InChI is InChI=1S/C12H16N6OS2/c13-14-11(19)10-6-5-9(21-10)7-20-12-15-16-17-18(12)8-3-1-2-4-8/h5-6,8H,1-4,7,13H2,(H,14,19). The van der Waals surface area contributed by atoms with Gasteiger partial charge >= 0.3 is 0 Å².